The minimum absolute atomic E-state index is 0.000973. The van der Waals surface area contributed by atoms with Crippen LogP contribution in [0, 0.1) is 0 Å². The van der Waals surface area contributed by atoms with Crippen LogP contribution in [0.15, 0.2) is 60.7 Å². The lowest BCUT2D eigenvalue weighted by Gasteiger charge is -2.19. The summed E-state index contributed by atoms with van der Waals surface area (Å²) in [5.74, 6) is 0.104. The second kappa shape index (κ2) is 12.7. The summed E-state index contributed by atoms with van der Waals surface area (Å²) in [7, 11) is 0. The Bertz CT molecular complexity index is 701. The molecular formula is C24H32N2O2. The van der Waals surface area contributed by atoms with Crippen molar-refractivity contribution in [3.8, 4) is 0 Å². The fourth-order valence-corrected chi connectivity index (χ4v) is 3.28. The van der Waals surface area contributed by atoms with Gasteiger partial charge in [0.2, 0.25) is 11.8 Å². The van der Waals surface area contributed by atoms with Crippen molar-refractivity contribution < 1.29 is 9.59 Å². The molecular weight excluding hydrogens is 348 g/mol. The SMILES string of the molecule is CC(=O)NCCCCCC(=O)NC(CCCc1ccccc1)c1ccccc1. The van der Waals surface area contributed by atoms with E-state index in [1.165, 1.54) is 12.5 Å². The number of rotatable bonds is 12. The zero-order valence-corrected chi connectivity index (χ0v) is 16.8. The fraction of sp³-hybridized carbons (Fsp3) is 0.417. The Morgan fingerprint density at radius 2 is 1.54 bits per heavy atom. The maximum absolute atomic E-state index is 12.4. The van der Waals surface area contributed by atoms with Crippen LogP contribution in [-0.4, -0.2) is 18.4 Å². The molecule has 0 spiro atoms. The first-order valence-corrected chi connectivity index (χ1v) is 10.3. The van der Waals surface area contributed by atoms with E-state index in [1.54, 1.807) is 0 Å². The largest absolute Gasteiger partial charge is 0.356 e. The Kier molecular flexibility index (Phi) is 9.84. The number of hydrogen-bond acceptors (Lipinski definition) is 2. The third-order valence-electron chi connectivity index (χ3n) is 4.79. The number of nitrogens with one attached hydrogen (secondary N) is 2. The predicted molar refractivity (Wildman–Crippen MR) is 114 cm³/mol. The lowest BCUT2D eigenvalue weighted by Crippen LogP contribution is -2.28. The molecule has 2 amide bonds. The number of unbranched alkanes of at least 4 members (excludes halogenated alkanes) is 2. The lowest BCUT2D eigenvalue weighted by atomic mass is 9.98. The smallest absolute Gasteiger partial charge is 0.220 e. The minimum atomic E-state index is -0.000973. The molecule has 0 aliphatic rings. The normalized spacial score (nSPS) is 11.6. The first-order valence-electron chi connectivity index (χ1n) is 10.3. The summed E-state index contributed by atoms with van der Waals surface area (Å²) < 4.78 is 0. The summed E-state index contributed by atoms with van der Waals surface area (Å²) in [5.41, 5.74) is 2.49. The number of aryl methyl sites for hydroxylation is 1. The molecule has 2 rings (SSSR count). The molecule has 2 aromatic rings. The quantitative estimate of drug-likeness (QED) is 0.530. The molecule has 1 unspecified atom stereocenters. The molecule has 0 saturated heterocycles. The van der Waals surface area contributed by atoms with E-state index in [2.05, 4.69) is 47.0 Å². The van der Waals surface area contributed by atoms with Gasteiger partial charge < -0.3 is 10.6 Å². The van der Waals surface area contributed by atoms with Crippen molar-refractivity contribution in [2.75, 3.05) is 6.54 Å². The van der Waals surface area contributed by atoms with E-state index in [0.717, 1.165) is 44.1 Å². The summed E-state index contributed by atoms with van der Waals surface area (Å²) in [5, 5.41) is 6.00. The van der Waals surface area contributed by atoms with Crippen LogP contribution in [-0.2, 0) is 16.0 Å². The van der Waals surface area contributed by atoms with Crippen molar-refractivity contribution in [2.45, 2.75) is 57.9 Å². The second-order valence-corrected chi connectivity index (χ2v) is 7.20. The molecule has 0 heterocycles. The van der Waals surface area contributed by atoms with E-state index < -0.39 is 0 Å². The van der Waals surface area contributed by atoms with Crippen LogP contribution in [0.2, 0.25) is 0 Å². The highest BCUT2D eigenvalue weighted by Gasteiger charge is 2.14. The molecule has 2 N–H and O–H groups in total. The summed E-state index contributed by atoms with van der Waals surface area (Å²) in [4.78, 5) is 23.3. The average molecular weight is 381 g/mol. The van der Waals surface area contributed by atoms with Crippen molar-refractivity contribution in [1.82, 2.24) is 10.6 Å². The minimum Gasteiger partial charge on any atom is -0.356 e. The van der Waals surface area contributed by atoms with Gasteiger partial charge in [-0.25, -0.2) is 0 Å². The van der Waals surface area contributed by atoms with Gasteiger partial charge in [0.05, 0.1) is 6.04 Å². The van der Waals surface area contributed by atoms with Crippen molar-refractivity contribution in [3.63, 3.8) is 0 Å². The second-order valence-electron chi connectivity index (χ2n) is 7.20. The van der Waals surface area contributed by atoms with Gasteiger partial charge in [-0.05, 0) is 43.2 Å². The van der Waals surface area contributed by atoms with Crippen molar-refractivity contribution in [3.05, 3.63) is 71.8 Å². The van der Waals surface area contributed by atoms with Gasteiger partial charge in [0.1, 0.15) is 0 Å². The predicted octanol–water partition coefficient (Wildman–Crippen LogP) is 4.56. The van der Waals surface area contributed by atoms with Gasteiger partial charge in [0.25, 0.3) is 0 Å². The Hall–Kier alpha value is -2.62. The number of carbonyl (C=O) groups is 2. The third-order valence-corrected chi connectivity index (χ3v) is 4.79. The maximum atomic E-state index is 12.4. The molecule has 4 heteroatoms. The van der Waals surface area contributed by atoms with E-state index in [4.69, 9.17) is 0 Å². The van der Waals surface area contributed by atoms with Gasteiger partial charge in [-0.15, -0.1) is 0 Å². The molecule has 2 aromatic carbocycles. The van der Waals surface area contributed by atoms with Gasteiger partial charge >= 0.3 is 0 Å². The molecule has 28 heavy (non-hydrogen) atoms. The van der Waals surface area contributed by atoms with E-state index in [0.29, 0.717) is 13.0 Å². The van der Waals surface area contributed by atoms with Crippen molar-refractivity contribution in [1.29, 1.82) is 0 Å². The molecule has 1 atom stereocenters. The van der Waals surface area contributed by atoms with Gasteiger partial charge in [-0.1, -0.05) is 67.1 Å². The zero-order chi connectivity index (χ0) is 20.0. The standard InChI is InChI=1S/C24H32N2O2/c1-20(27)25-19-10-4-9-18-24(28)26-23(22-15-7-3-8-16-22)17-11-14-21-12-5-2-6-13-21/h2-3,5-8,12-13,15-16,23H,4,9-11,14,17-19H2,1H3,(H,25,27)(H,26,28). The molecule has 0 aromatic heterocycles. The number of benzene rings is 2. The molecule has 0 saturated carbocycles. The van der Waals surface area contributed by atoms with Crippen LogP contribution in [0.1, 0.15) is 62.6 Å². The van der Waals surface area contributed by atoms with Gasteiger partial charge in [-0.3, -0.25) is 9.59 Å². The highest BCUT2D eigenvalue weighted by Crippen LogP contribution is 2.20. The summed E-state index contributed by atoms with van der Waals surface area (Å²) in [6.07, 6.45) is 6.19. The molecule has 0 radical (unpaired) electrons. The van der Waals surface area contributed by atoms with Gasteiger partial charge in [-0.2, -0.15) is 0 Å². The lowest BCUT2D eigenvalue weighted by molar-refractivity contribution is -0.122. The van der Waals surface area contributed by atoms with Crippen LogP contribution in [0.4, 0.5) is 0 Å². The highest BCUT2D eigenvalue weighted by molar-refractivity contribution is 5.76. The topological polar surface area (TPSA) is 58.2 Å². The van der Waals surface area contributed by atoms with Crippen LogP contribution >= 0.6 is 0 Å². The maximum Gasteiger partial charge on any atom is 0.220 e. The van der Waals surface area contributed by atoms with Gasteiger partial charge in [0, 0.05) is 19.9 Å². The summed E-state index contributed by atoms with van der Waals surface area (Å²) in [6, 6.07) is 20.7. The highest BCUT2D eigenvalue weighted by atomic mass is 16.2. The summed E-state index contributed by atoms with van der Waals surface area (Å²) in [6.45, 7) is 2.21. The molecule has 0 aliphatic heterocycles. The first-order chi connectivity index (χ1) is 13.6. The fourth-order valence-electron chi connectivity index (χ4n) is 3.28. The number of carbonyl (C=O) groups excluding carboxylic acids is 2. The van der Waals surface area contributed by atoms with Crippen molar-refractivity contribution in [2.24, 2.45) is 0 Å². The first kappa shape index (κ1) is 21.7. The third kappa shape index (κ3) is 8.85. The van der Waals surface area contributed by atoms with Gasteiger partial charge in [0.15, 0.2) is 0 Å². The van der Waals surface area contributed by atoms with E-state index >= 15 is 0 Å². The van der Waals surface area contributed by atoms with Crippen LogP contribution < -0.4 is 10.6 Å². The average Bonchev–Trinajstić information content (AvgIpc) is 2.71. The number of amides is 2. The Balaban J connectivity index is 1.77. The molecule has 0 aliphatic carbocycles. The summed E-state index contributed by atoms with van der Waals surface area (Å²) >= 11 is 0. The van der Waals surface area contributed by atoms with E-state index in [9.17, 15) is 9.59 Å². The molecule has 150 valence electrons. The Morgan fingerprint density at radius 3 is 2.21 bits per heavy atom. The Labute approximate surface area is 168 Å². The monoisotopic (exact) mass is 380 g/mol. The van der Waals surface area contributed by atoms with E-state index in [1.807, 2.05) is 24.3 Å². The zero-order valence-electron chi connectivity index (χ0n) is 16.8. The van der Waals surface area contributed by atoms with E-state index in [-0.39, 0.29) is 17.9 Å². The van der Waals surface area contributed by atoms with Crippen LogP contribution in [0.25, 0.3) is 0 Å². The molecule has 0 bridgehead atoms. The number of hydrogen-bond donors (Lipinski definition) is 2. The van der Waals surface area contributed by atoms with Crippen LogP contribution in [0.5, 0.6) is 0 Å². The van der Waals surface area contributed by atoms with Crippen molar-refractivity contribution >= 4 is 11.8 Å². The molecule has 4 nitrogen and oxygen atoms in total. The molecule has 0 fully saturated rings. The van der Waals surface area contributed by atoms with Crippen LogP contribution in [0.3, 0.4) is 0 Å². The Morgan fingerprint density at radius 1 is 0.857 bits per heavy atom.